The molecule has 1 aliphatic rings. The Morgan fingerprint density at radius 3 is 2.78 bits per heavy atom. The monoisotopic (exact) mass is 436 g/mol. The zero-order valence-corrected chi connectivity index (χ0v) is 17.3. The highest BCUT2D eigenvalue weighted by atomic mass is 19.1. The Bertz CT molecular complexity index is 1240. The average Bonchev–Trinajstić information content (AvgIpc) is 3.28. The van der Waals surface area contributed by atoms with Gasteiger partial charge in [-0.05, 0) is 42.3 Å². The van der Waals surface area contributed by atoms with Crippen LogP contribution >= 0.6 is 0 Å². The third kappa shape index (κ3) is 4.24. The molecule has 0 radical (unpaired) electrons. The van der Waals surface area contributed by atoms with Gasteiger partial charge < -0.3 is 19.9 Å². The maximum Gasteiger partial charge on any atom is 0.225 e. The summed E-state index contributed by atoms with van der Waals surface area (Å²) in [6.07, 6.45) is 3.80. The van der Waals surface area contributed by atoms with Crippen molar-refractivity contribution in [2.24, 2.45) is 0 Å². The number of halogens is 2. The molecule has 9 heteroatoms. The number of nitrogens with zero attached hydrogens (tertiary/aromatic N) is 4. The molecule has 1 aromatic carbocycles. The number of hydrogen-bond donors (Lipinski definition) is 2. The van der Waals surface area contributed by atoms with E-state index in [1.54, 1.807) is 18.3 Å². The van der Waals surface area contributed by atoms with Crippen LogP contribution in [0.15, 0.2) is 48.8 Å². The van der Waals surface area contributed by atoms with Crippen LogP contribution in [0.4, 0.5) is 20.5 Å². The van der Waals surface area contributed by atoms with Crippen molar-refractivity contribution in [1.29, 1.82) is 0 Å². The van der Waals surface area contributed by atoms with Crippen LogP contribution in [0.2, 0.25) is 0 Å². The fourth-order valence-electron chi connectivity index (χ4n) is 3.88. The van der Waals surface area contributed by atoms with E-state index in [1.165, 1.54) is 18.3 Å². The number of nitrogens with one attached hydrogen (secondary N) is 2. The van der Waals surface area contributed by atoms with Crippen LogP contribution in [-0.2, 0) is 11.2 Å². The molecule has 4 aromatic rings. The number of fused-ring (bicyclic) bond motifs is 1. The summed E-state index contributed by atoms with van der Waals surface area (Å²) in [6, 6.07) is 9.99. The zero-order chi connectivity index (χ0) is 21.9. The van der Waals surface area contributed by atoms with Crippen molar-refractivity contribution in [1.82, 2.24) is 19.9 Å². The maximum absolute atomic E-state index is 14.9. The first kappa shape index (κ1) is 20.3. The molecular formula is C23H22F2N6O. The van der Waals surface area contributed by atoms with Gasteiger partial charge in [0.1, 0.15) is 11.6 Å². The van der Waals surface area contributed by atoms with E-state index >= 15 is 0 Å². The van der Waals surface area contributed by atoms with Gasteiger partial charge in [0.2, 0.25) is 11.9 Å². The molecular weight excluding hydrogens is 414 g/mol. The van der Waals surface area contributed by atoms with Crippen LogP contribution in [-0.4, -0.2) is 52.8 Å². The molecule has 0 saturated carbocycles. The highest BCUT2D eigenvalue weighted by Gasteiger charge is 2.19. The van der Waals surface area contributed by atoms with E-state index < -0.39 is 5.95 Å². The topological polar surface area (TPSA) is 79.0 Å². The van der Waals surface area contributed by atoms with E-state index in [4.69, 9.17) is 4.74 Å². The van der Waals surface area contributed by atoms with Crippen molar-refractivity contribution in [2.75, 3.05) is 43.1 Å². The minimum atomic E-state index is -0.509. The predicted molar refractivity (Wildman–Crippen MR) is 119 cm³/mol. The summed E-state index contributed by atoms with van der Waals surface area (Å²) in [5.74, 6) is 0.250. The molecule has 3 aromatic heterocycles. The second-order valence-corrected chi connectivity index (χ2v) is 7.56. The number of ether oxygens (including phenoxy) is 1. The van der Waals surface area contributed by atoms with Crippen molar-refractivity contribution in [2.45, 2.75) is 6.42 Å². The van der Waals surface area contributed by atoms with Gasteiger partial charge in [-0.1, -0.05) is 0 Å². The Labute approximate surface area is 183 Å². The van der Waals surface area contributed by atoms with E-state index in [2.05, 4.69) is 30.2 Å². The molecule has 7 nitrogen and oxygen atoms in total. The van der Waals surface area contributed by atoms with Gasteiger partial charge in [0.25, 0.3) is 0 Å². The summed E-state index contributed by atoms with van der Waals surface area (Å²) in [4.78, 5) is 18.1. The number of rotatable bonds is 6. The van der Waals surface area contributed by atoms with Gasteiger partial charge in [-0.25, -0.2) is 14.4 Å². The highest BCUT2D eigenvalue weighted by Crippen LogP contribution is 2.32. The second-order valence-electron chi connectivity index (χ2n) is 7.56. The van der Waals surface area contributed by atoms with Crippen molar-refractivity contribution >= 4 is 22.7 Å². The second kappa shape index (κ2) is 8.88. The summed E-state index contributed by atoms with van der Waals surface area (Å²) in [5, 5.41) is 3.97. The van der Waals surface area contributed by atoms with Crippen molar-refractivity contribution in [3.63, 3.8) is 0 Å². The molecule has 2 N–H and O–H groups in total. The SMILES string of the molecule is Fc1cc(CCNc2nc(-c3c(F)ccc4[nH]ccc34)cc(N3CCOCC3)n2)ccn1. The maximum atomic E-state index is 14.9. The molecule has 1 aliphatic heterocycles. The molecule has 5 rings (SSSR count). The van der Waals surface area contributed by atoms with E-state index in [0.717, 1.165) is 16.5 Å². The minimum absolute atomic E-state index is 0.345. The lowest BCUT2D eigenvalue weighted by Crippen LogP contribution is -2.37. The van der Waals surface area contributed by atoms with Gasteiger partial charge in [0.05, 0.1) is 18.9 Å². The average molecular weight is 436 g/mol. The highest BCUT2D eigenvalue weighted by molar-refractivity contribution is 5.95. The Balaban J connectivity index is 1.48. The minimum Gasteiger partial charge on any atom is -0.378 e. The molecule has 0 amide bonds. The van der Waals surface area contributed by atoms with Crippen LogP contribution in [0.25, 0.3) is 22.2 Å². The number of aromatic amines is 1. The molecule has 164 valence electrons. The fraction of sp³-hybridized carbons (Fsp3) is 0.261. The quantitative estimate of drug-likeness (QED) is 0.448. The largest absolute Gasteiger partial charge is 0.378 e. The number of pyridine rings is 1. The number of aromatic nitrogens is 4. The van der Waals surface area contributed by atoms with Crippen molar-refractivity contribution in [3.05, 3.63) is 66.1 Å². The van der Waals surface area contributed by atoms with E-state index in [9.17, 15) is 8.78 Å². The smallest absolute Gasteiger partial charge is 0.225 e. The lowest BCUT2D eigenvalue weighted by atomic mass is 10.1. The fourth-order valence-corrected chi connectivity index (χ4v) is 3.88. The number of hydrogen-bond acceptors (Lipinski definition) is 6. The van der Waals surface area contributed by atoms with E-state index in [0.29, 0.717) is 62.3 Å². The lowest BCUT2D eigenvalue weighted by Gasteiger charge is -2.28. The molecule has 0 bridgehead atoms. The predicted octanol–water partition coefficient (Wildman–Crippen LogP) is 3.79. The molecule has 0 atom stereocenters. The Morgan fingerprint density at radius 2 is 1.94 bits per heavy atom. The summed E-state index contributed by atoms with van der Waals surface area (Å²) in [7, 11) is 0. The summed E-state index contributed by atoms with van der Waals surface area (Å²) in [6.45, 7) is 3.10. The lowest BCUT2D eigenvalue weighted by molar-refractivity contribution is 0.122. The van der Waals surface area contributed by atoms with Crippen LogP contribution < -0.4 is 10.2 Å². The molecule has 0 aliphatic carbocycles. The van der Waals surface area contributed by atoms with Gasteiger partial charge in [0, 0.05) is 54.6 Å². The molecule has 32 heavy (non-hydrogen) atoms. The van der Waals surface area contributed by atoms with E-state index in [-0.39, 0.29) is 5.82 Å². The van der Waals surface area contributed by atoms with Crippen molar-refractivity contribution < 1.29 is 13.5 Å². The van der Waals surface area contributed by atoms with Crippen LogP contribution in [0.1, 0.15) is 5.56 Å². The van der Waals surface area contributed by atoms with Gasteiger partial charge in [-0.2, -0.15) is 9.37 Å². The number of anilines is 2. The number of H-pyrrole nitrogens is 1. The Hall–Kier alpha value is -3.59. The first-order valence-corrected chi connectivity index (χ1v) is 10.5. The Morgan fingerprint density at radius 1 is 1.06 bits per heavy atom. The molecule has 1 saturated heterocycles. The standard InChI is InChI=1S/C23H22F2N6O/c24-17-1-2-18-16(5-8-26-18)22(17)19-14-21(31-9-11-32-12-10-31)30-23(29-19)28-7-4-15-3-6-27-20(25)13-15/h1-3,5-6,8,13-14,26H,4,7,9-12H2,(H,28,29,30). The first-order chi connectivity index (χ1) is 15.7. The van der Waals surface area contributed by atoms with Crippen LogP contribution in [0, 0.1) is 11.8 Å². The third-order valence-electron chi connectivity index (χ3n) is 5.48. The van der Waals surface area contributed by atoms with Gasteiger partial charge in [-0.3, -0.25) is 0 Å². The molecule has 0 spiro atoms. The van der Waals surface area contributed by atoms with Gasteiger partial charge >= 0.3 is 0 Å². The van der Waals surface area contributed by atoms with Crippen LogP contribution in [0.3, 0.4) is 0 Å². The normalized spacial score (nSPS) is 14.1. The van der Waals surface area contributed by atoms with Crippen LogP contribution in [0.5, 0.6) is 0 Å². The number of benzene rings is 1. The molecule has 4 heterocycles. The molecule has 0 unspecified atom stereocenters. The summed E-state index contributed by atoms with van der Waals surface area (Å²) < 4.78 is 33.7. The van der Waals surface area contributed by atoms with Gasteiger partial charge in [0.15, 0.2) is 0 Å². The summed E-state index contributed by atoms with van der Waals surface area (Å²) in [5.41, 5.74) is 2.58. The Kier molecular flexibility index (Phi) is 5.64. The van der Waals surface area contributed by atoms with E-state index in [1.807, 2.05) is 12.1 Å². The zero-order valence-electron chi connectivity index (χ0n) is 17.3. The van der Waals surface area contributed by atoms with Gasteiger partial charge in [-0.15, -0.1) is 0 Å². The number of morpholine rings is 1. The summed E-state index contributed by atoms with van der Waals surface area (Å²) >= 11 is 0. The first-order valence-electron chi connectivity index (χ1n) is 10.5. The van der Waals surface area contributed by atoms with Crippen molar-refractivity contribution in [3.8, 4) is 11.3 Å². The molecule has 1 fully saturated rings. The third-order valence-corrected chi connectivity index (χ3v) is 5.48.